The Balaban J connectivity index is 2.02. The minimum absolute atomic E-state index is 0.428. The second-order valence-corrected chi connectivity index (χ2v) is 5.35. The van der Waals surface area contributed by atoms with Gasteiger partial charge in [-0.2, -0.15) is 0 Å². The van der Waals surface area contributed by atoms with Gasteiger partial charge in [0.15, 0.2) is 0 Å². The van der Waals surface area contributed by atoms with E-state index in [1.54, 1.807) is 24.4 Å². The fourth-order valence-corrected chi connectivity index (χ4v) is 2.42. The molecule has 0 aliphatic heterocycles. The molecular weight excluding hydrogens is 293 g/mol. The minimum Gasteiger partial charge on any atom is -0.384 e. The van der Waals surface area contributed by atoms with Crippen molar-refractivity contribution in [2.24, 2.45) is 0 Å². The highest BCUT2D eigenvalue weighted by Gasteiger charge is 2.13. The van der Waals surface area contributed by atoms with Gasteiger partial charge in [0, 0.05) is 17.1 Å². The van der Waals surface area contributed by atoms with E-state index in [1.807, 2.05) is 30.3 Å². The van der Waals surface area contributed by atoms with Gasteiger partial charge in [0.1, 0.15) is 6.10 Å². The molecule has 100 valence electrons. The van der Waals surface area contributed by atoms with Gasteiger partial charge in [-0.15, -0.1) is 0 Å². The summed E-state index contributed by atoms with van der Waals surface area (Å²) in [6.07, 6.45) is 0.900. The fraction of sp³-hybridized carbons (Fsp3) is 0.0625. The smallest absolute Gasteiger partial charge is 0.106 e. The number of benzene rings is 2. The lowest BCUT2D eigenvalue weighted by molar-refractivity contribution is 0.220. The van der Waals surface area contributed by atoms with Crippen LogP contribution < -0.4 is 0 Å². The van der Waals surface area contributed by atoms with E-state index in [9.17, 15) is 5.11 Å². The summed E-state index contributed by atoms with van der Waals surface area (Å²) in [6.45, 7) is 0. The third-order valence-electron chi connectivity index (χ3n) is 3.19. The number of fused-ring (bicyclic) bond motifs is 1. The maximum Gasteiger partial charge on any atom is 0.106 e. The molecule has 20 heavy (non-hydrogen) atoms. The molecule has 0 aliphatic carbocycles. The summed E-state index contributed by atoms with van der Waals surface area (Å²) in [4.78, 5) is 4.35. The number of aliphatic hydroxyl groups excluding tert-OH is 1. The Morgan fingerprint density at radius 2 is 1.70 bits per heavy atom. The fourth-order valence-electron chi connectivity index (χ4n) is 2.11. The molecule has 0 aliphatic rings. The molecule has 1 aromatic heterocycles. The van der Waals surface area contributed by atoms with Crippen molar-refractivity contribution in [3.8, 4) is 0 Å². The van der Waals surface area contributed by atoms with Crippen molar-refractivity contribution < 1.29 is 5.11 Å². The molecule has 2 nitrogen and oxygen atoms in total. The summed E-state index contributed by atoms with van der Waals surface area (Å²) in [5, 5.41) is 12.3. The van der Waals surface area contributed by atoms with Crippen LogP contribution in [0.3, 0.4) is 0 Å². The zero-order valence-corrected chi connectivity index (χ0v) is 11.9. The first kappa shape index (κ1) is 13.4. The van der Waals surface area contributed by atoms with Crippen LogP contribution in [0.4, 0.5) is 0 Å². The first-order valence-corrected chi connectivity index (χ1v) is 6.88. The Hall–Kier alpha value is -1.61. The molecule has 1 unspecified atom stereocenters. The van der Waals surface area contributed by atoms with E-state index in [0.717, 1.165) is 16.5 Å². The number of hydrogen-bond donors (Lipinski definition) is 1. The number of halogens is 2. The second-order valence-electron chi connectivity index (χ2n) is 4.54. The highest BCUT2D eigenvalue weighted by atomic mass is 35.5. The van der Waals surface area contributed by atoms with E-state index >= 15 is 0 Å². The molecule has 3 aromatic rings. The van der Waals surface area contributed by atoms with Gasteiger partial charge in [0.05, 0.1) is 15.6 Å². The van der Waals surface area contributed by atoms with E-state index in [4.69, 9.17) is 23.2 Å². The van der Waals surface area contributed by atoms with Crippen molar-refractivity contribution in [3.05, 3.63) is 75.9 Å². The molecule has 3 rings (SSSR count). The van der Waals surface area contributed by atoms with Crippen LogP contribution in [0.15, 0.2) is 54.7 Å². The standard InChI is InChI=1S/C16H11Cl2NO/c17-13-6-5-11(8-14(13)18)16(20)12-7-10-3-1-2-4-15(10)19-9-12/h1-9,16,20H. The maximum absolute atomic E-state index is 10.4. The van der Waals surface area contributed by atoms with E-state index in [1.165, 1.54) is 0 Å². The summed E-state index contributed by atoms with van der Waals surface area (Å²) < 4.78 is 0. The maximum atomic E-state index is 10.4. The average molecular weight is 304 g/mol. The number of nitrogens with zero attached hydrogens (tertiary/aromatic N) is 1. The van der Waals surface area contributed by atoms with E-state index < -0.39 is 6.10 Å². The van der Waals surface area contributed by atoms with Crippen LogP contribution in [0.25, 0.3) is 10.9 Å². The lowest BCUT2D eigenvalue weighted by atomic mass is 10.0. The summed E-state index contributed by atoms with van der Waals surface area (Å²) in [7, 11) is 0. The third kappa shape index (κ3) is 2.50. The van der Waals surface area contributed by atoms with Gasteiger partial charge in [-0.3, -0.25) is 4.98 Å². The summed E-state index contributed by atoms with van der Waals surface area (Å²) >= 11 is 11.9. The van der Waals surface area contributed by atoms with Gasteiger partial charge in [0.25, 0.3) is 0 Å². The molecule has 0 spiro atoms. The van der Waals surface area contributed by atoms with Crippen molar-refractivity contribution in [1.29, 1.82) is 0 Å². The van der Waals surface area contributed by atoms with Crippen LogP contribution in [-0.4, -0.2) is 10.1 Å². The molecule has 0 saturated carbocycles. The zero-order chi connectivity index (χ0) is 14.1. The van der Waals surface area contributed by atoms with Gasteiger partial charge in [-0.1, -0.05) is 47.5 Å². The molecular formula is C16H11Cl2NO. The van der Waals surface area contributed by atoms with E-state index in [2.05, 4.69) is 4.98 Å². The predicted octanol–water partition coefficient (Wildman–Crippen LogP) is 4.62. The minimum atomic E-state index is -0.776. The monoisotopic (exact) mass is 303 g/mol. The normalized spacial score (nSPS) is 12.6. The largest absolute Gasteiger partial charge is 0.384 e. The topological polar surface area (TPSA) is 33.1 Å². The van der Waals surface area contributed by atoms with Gasteiger partial charge < -0.3 is 5.11 Å². The van der Waals surface area contributed by atoms with Crippen molar-refractivity contribution >= 4 is 34.1 Å². The van der Waals surface area contributed by atoms with Crippen LogP contribution >= 0.6 is 23.2 Å². The second kappa shape index (κ2) is 5.41. The third-order valence-corrected chi connectivity index (χ3v) is 3.93. The molecule has 0 fully saturated rings. The molecule has 2 aromatic carbocycles. The molecule has 0 bridgehead atoms. The molecule has 0 radical (unpaired) electrons. The average Bonchev–Trinajstić information content (AvgIpc) is 2.49. The number of hydrogen-bond acceptors (Lipinski definition) is 2. The Kier molecular flexibility index (Phi) is 3.62. The summed E-state index contributed by atoms with van der Waals surface area (Å²) in [5.74, 6) is 0. The lowest BCUT2D eigenvalue weighted by Gasteiger charge is -2.12. The quantitative estimate of drug-likeness (QED) is 0.749. The Bertz CT molecular complexity index is 773. The molecule has 1 N–H and O–H groups in total. The highest BCUT2D eigenvalue weighted by Crippen LogP contribution is 2.29. The Morgan fingerprint density at radius 3 is 2.50 bits per heavy atom. The first-order valence-electron chi connectivity index (χ1n) is 6.13. The van der Waals surface area contributed by atoms with Crippen molar-refractivity contribution in [1.82, 2.24) is 4.98 Å². The number of rotatable bonds is 2. The molecule has 1 atom stereocenters. The Labute approximate surface area is 126 Å². The molecule has 4 heteroatoms. The van der Waals surface area contributed by atoms with E-state index in [-0.39, 0.29) is 0 Å². The van der Waals surface area contributed by atoms with Crippen molar-refractivity contribution in [2.75, 3.05) is 0 Å². The SMILES string of the molecule is OC(c1ccc(Cl)c(Cl)c1)c1cnc2ccccc2c1. The van der Waals surface area contributed by atoms with Gasteiger partial charge in [-0.25, -0.2) is 0 Å². The number of pyridine rings is 1. The van der Waals surface area contributed by atoms with Crippen LogP contribution in [-0.2, 0) is 0 Å². The molecule has 1 heterocycles. The van der Waals surface area contributed by atoms with Crippen LogP contribution in [0.5, 0.6) is 0 Å². The van der Waals surface area contributed by atoms with Crippen molar-refractivity contribution in [2.45, 2.75) is 6.10 Å². The lowest BCUT2D eigenvalue weighted by Crippen LogP contribution is -2.00. The van der Waals surface area contributed by atoms with Gasteiger partial charge in [-0.05, 0) is 29.8 Å². The first-order chi connectivity index (χ1) is 9.65. The predicted molar refractivity (Wildman–Crippen MR) is 82.3 cm³/mol. The van der Waals surface area contributed by atoms with E-state index in [0.29, 0.717) is 15.6 Å². The number of aliphatic hydroxyl groups is 1. The van der Waals surface area contributed by atoms with Crippen LogP contribution in [0.1, 0.15) is 17.2 Å². The zero-order valence-electron chi connectivity index (χ0n) is 10.4. The Morgan fingerprint density at radius 1 is 0.900 bits per heavy atom. The molecule has 0 amide bonds. The van der Waals surface area contributed by atoms with Gasteiger partial charge in [0.2, 0.25) is 0 Å². The number of aromatic nitrogens is 1. The van der Waals surface area contributed by atoms with Crippen LogP contribution in [0.2, 0.25) is 10.0 Å². The van der Waals surface area contributed by atoms with Gasteiger partial charge >= 0.3 is 0 Å². The van der Waals surface area contributed by atoms with Crippen molar-refractivity contribution in [3.63, 3.8) is 0 Å². The highest BCUT2D eigenvalue weighted by molar-refractivity contribution is 6.42. The molecule has 0 saturated heterocycles. The summed E-state index contributed by atoms with van der Waals surface area (Å²) in [5.41, 5.74) is 2.32. The summed E-state index contributed by atoms with van der Waals surface area (Å²) in [6, 6.07) is 14.8. The van der Waals surface area contributed by atoms with Crippen LogP contribution in [0, 0.1) is 0 Å². The number of para-hydroxylation sites is 1.